The third-order valence-electron chi connectivity index (χ3n) is 3.55. The van der Waals surface area contributed by atoms with E-state index in [2.05, 4.69) is 15.0 Å². The fourth-order valence-corrected chi connectivity index (χ4v) is 2.31. The number of benzene rings is 1. The molecule has 0 aromatic heterocycles. The van der Waals surface area contributed by atoms with Crippen molar-refractivity contribution in [2.75, 3.05) is 51.3 Å². The van der Waals surface area contributed by atoms with Crippen LogP contribution in [0.25, 0.3) is 0 Å². The normalized spacial score (nSPS) is 17.1. The van der Waals surface area contributed by atoms with Crippen molar-refractivity contribution in [2.45, 2.75) is 0 Å². The third kappa shape index (κ3) is 3.61. The van der Waals surface area contributed by atoms with Crippen LogP contribution in [0.15, 0.2) is 29.4 Å². The number of ether oxygens (including phenoxy) is 1. The lowest BCUT2D eigenvalue weighted by atomic mass is 10.1. The van der Waals surface area contributed by atoms with Gasteiger partial charge in [-0.1, -0.05) is 17.3 Å². The Bertz CT molecular complexity index is 458. The van der Waals surface area contributed by atoms with Gasteiger partial charge in [0.1, 0.15) is 0 Å². The Morgan fingerprint density at radius 2 is 2.10 bits per heavy atom. The highest BCUT2D eigenvalue weighted by Gasteiger charge is 2.13. The van der Waals surface area contributed by atoms with Crippen molar-refractivity contribution in [2.24, 2.45) is 10.9 Å². The van der Waals surface area contributed by atoms with Gasteiger partial charge in [-0.25, -0.2) is 0 Å². The van der Waals surface area contributed by atoms with Gasteiger partial charge in [-0.2, -0.15) is 0 Å². The summed E-state index contributed by atoms with van der Waals surface area (Å²) >= 11 is 0. The first kappa shape index (κ1) is 14.6. The molecule has 1 heterocycles. The molecule has 0 saturated carbocycles. The summed E-state index contributed by atoms with van der Waals surface area (Å²) in [6, 6.07) is 7.67. The molecule has 1 saturated heterocycles. The van der Waals surface area contributed by atoms with E-state index in [-0.39, 0.29) is 5.84 Å². The maximum atomic E-state index is 8.85. The van der Waals surface area contributed by atoms with E-state index in [9.17, 15) is 0 Å². The largest absolute Gasteiger partial charge is 0.409 e. The van der Waals surface area contributed by atoms with E-state index >= 15 is 0 Å². The number of nitrogens with zero attached hydrogens (tertiary/aromatic N) is 3. The Kier molecular flexibility index (Phi) is 5.20. The van der Waals surface area contributed by atoms with Crippen molar-refractivity contribution in [3.8, 4) is 0 Å². The second kappa shape index (κ2) is 7.12. The maximum Gasteiger partial charge on any atom is 0.172 e. The van der Waals surface area contributed by atoms with Gasteiger partial charge in [0.2, 0.25) is 0 Å². The Morgan fingerprint density at radius 3 is 2.80 bits per heavy atom. The van der Waals surface area contributed by atoms with Crippen LogP contribution in [0, 0.1) is 0 Å². The van der Waals surface area contributed by atoms with Gasteiger partial charge in [0.15, 0.2) is 5.84 Å². The lowest BCUT2D eigenvalue weighted by molar-refractivity contribution is 0.0393. The van der Waals surface area contributed by atoms with Crippen molar-refractivity contribution >= 4 is 11.5 Å². The summed E-state index contributed by atoms with van der Waals surface area (Å²) in [6.45, 7) is 5.44. The molecular formula is C14H22N4O2. The van der Waals surface area contributed by atoms with Gasteiger partial charge >= 0.3 is 0 Å². The smallest absolute Gasteiger partial charge is 0.172 e. The summed E-state index contributed by atoms with van der Waals surface area (Å²) in [4.78, 5) is 4.51. The predicted molar refractivity (Wildman–Crippen MR) is 79.5 cm³/mol. The van der Waals surface area contributed by atoms with Crippen LogP contribution in [0.1, 0.15) is 5.56 Å². The number of hydrogen-bond donors (Lipinski definition) is 2. The first-order valence-corrected chi connectivity index (χ1v) is 6.80. The van der Waals surface area contributed by atoms with Crippen molar-refractivity contribution in [3.05, 3.63) is 29.8 Å². The number of likely N-dealkylation sites (N-methyl/N-ethyl adjacent to an activating group) is 1. The van der Waals surface area contributed by atoms with Crippen LogP contribution < -0.4 is 10.6 Å². The molecule has 6 heteroatoms. The summed E-state index contributed by atoms with van der Waals surface area (Å²) in [5, 5.41) is 11.9. The molecule has 1 aromatic carbocycles. The summed E-state index contributed by atoms with van der Waals surface area (Å²) in [5.41, 5.74) is 7.44. The van der Waals surface area contributed by atoms with Crippen LogP contribution >= 0.6 is 0 Å². The Hall–Kier alpha value is -1.79. The summed E-state index contributed by atoms with van der Waals surface area (Å²) in [7, 11) is 2.02. The van der Waals surface area contributed by atoms with E-state index in [0.717, 1.165) is 50.6 Å². The summed E-state index contributed by atoms with van der Waals surface area (Å²) in [6.07, 6.45) is 0. The fraction of sp³-hybridized carbons (Fsp3) is 0.500. The Balaban J connectivity index is 1.99. The molecule has 1 aliphatic rings. The first-order chi connectivity index (χ1) is 9.72. The van der Waals surface area contributed by atoms with Gasteiger partial charge in [-0.05, 0) is 12.1 Å². The molecule has 1 aliphatic heterocycles. The average Bonchev–Trinajstić information content (AvgIpc) is 2.52. The molecule has 0 aliphatic carbocycles. The number of hydrogen-bond acceptors (Lipinski definition) is 5. The molecule has 0 bridgehead atoms. The molecule has 0 radical (unpaired) electrons. The molecule has 0 atom stereocenters. The van der Waals surface area contributed by atoms with E-state index in [1.807, 2.05) is 31.3 Å². The minimum absolute atomic E-state index is 0.138. The monoisotopic (exact) mass is 278 g/mol. The third-order valence-corrected chi connectivity index (χ3v) is 3.55. The molecule has 3 N–H and O–H groups in total. The number of para-hydroxylation sites is 1. The van der Waals surface area contributed by atoms with Crippen molar-refractivity contribution < 1.29 is 9.94 Å². The van der Waals surface area contributed by atoms with E-state index < -0.39 is 0 Å². The van der Waals surface area contributed by atoms with E-state index in [1.54, 1.807) is 0 Å². The van der Waals surface area contributed by atoms with Crippen LogP contribution in [0.3, 0.4) is 0 Å². The van der Waals surface area contributed by atoms with Crippen LogP contribution in [0.4, 0.5) is 5.69 Å². The average molecular weight is 278 g/mol. The lowest BCUT2D eigenvalue weighted by Crippen LogP contribution is -2.41. The van der Waals surface area contributed by atoms with Crippen LogP contribution in [-0.2, 0) is 4.74 Å². The molecule has 6 nitrogen and oxygen atoms in total. The molecule has 1 fully saturated rings. The van der Waals surface area contributed by atoms with Crippen LogP contribution in [0.2, 0.25) is 0 Å². The Labute approximate surface area is 119 Å². The molecular weight excluding hydrogens is 256 g/mol. The second-order valence-corrected chi connectivity index (χ2v) is 4.88. The molecule has 0 amide bonds. The SMILES string of the molecule is CN(CCN1CCOCC1)c1ccccc1/C(N)=N/O. The van der Waals surface area contributed by atoms with Gasteiger partial charge in [0.25, 0.3) is 0 Å². The topological polar surface area (TPSA) is 74.3 Å². The Morgan fingerprint density at radius 1 is 1.40 bits per heavy atom. The molecule has 1 aromatic rings. The zero-order chi connectivity index (χ0) is 14.4. The number of nitrogens with two attached hydrogens (primary N) is 1. The van der Waals surface area contributed by atoms with E-state index in [0.29, 0.717) is 0 Å². The lowest BCUT2D eigenvalue weighted by Gasteiger charge is -2.29. The molecule has 110 valence electrons. The van der Waals surface area contributed by atoms with Crippen LogP contribution in [0.5, 0.6) is 0 Å². The summed E-state index contributed by atoms with van der Waals surface area (Å²) < 4.78 is 5.34. The van der Waals surface area contributed by atoms with Gasteiger partial charge in [0.05, 0.1) is 13.2 Å². The van der Waals surface area contributed by atoms with E-state index in [4.69, 9.17) is 15.7 Å². The van der Waals surface area contributed by atoms with Crippen molar-refractivity contribution in [1.29, 1.82) is 0 Å². The molecule has 0 unspecified atom stereocenters. The highest BCUT2D eigenvalue weighted by atomic mass is 16.5. The minimum Gasteiger partial charge on any atom is -0.409 e. The van der Waals surface area contributed by atoms with Gasteiger partial charge in [0, 0.05) is 44.5 Å². The highest BCUT2D eigenvalue weighted by Crippen LogP contribution is 2.18. The van der Waals surface area contributed by atoms with Gasteiger partial charge in [-0.3, -0.25) is 4.90 Å². The maximum absolute atomic E-state index is 8.85. The molecule has 2 rings (SSSR count). The first-order valence-electron chi connectivity index (χ1n) is 6.80. The molecule has 20 heavy (non-hydrogen) atoms. The predicted octanol–water partition coefficient (Wildman–Crippen LogP) is 0.550. The number of amidine groups is 1. The number of morpholine rings is 1. The van der Waals surface area contributed by atoms with E-state index in [1.165, 1.54) is 0 Å². The fourth-order valence-electron chi connectivity index (χ4n) is 2.31. The van der Waals surface area contributed by atoms with Crippen molar-refractivity contribution in [1.82, 2.24) is 4.90 Å². The number of oxime groups is 1. The molecule has 0 spiro atoms. The van der Waals surface area contributed by atoms with Crippen LogP contribution in [-0.4, -0.2) is 62.4 Å². The van der Waals surface area contributed by atoms with Crippen molar-refractivity contribution in [3.63, 3.8) is 0 Å². The highest BCUT2D eigenvalue weighted by molar-refractivity contribution is 6.02. The van der Waals surface area contributed by atoms with Gasteiger partial charge < -0.3 is 20.6 Å². The zero-order valence-corrected chi connectivity index (χ0v) is 11.8. The standard InChI is InChI=1S/C14H22N4O2/c1-17(6-7-18-8-10-20-11-9-18)13-5-3-2-4-12(13)14(15)16-19/h2-5,19H,6-11H2,1H3,(H2,15,16). The van der Waals surface area contributed by atoms with Gasteiger partial charge in [-0.15, -0.1) is 0 Å². The number of rotatable bonds is 5. The summed E-state index contributed by atoms with van der Waals surface area (Å²) in [5.74, 6) is 0.138. The second-order valence-electron chi connectivity index (χ2n) is 4.88. The zero-order valence-electron chi connectivity index (χ0n) is 11.8. The number of anilines is 1. The quantitative estimate of drug-likeness (QED) is 0.356. The minimum atomic E-state index is 0.138.